The number of barbiturate groups is 2. The highest BCUT2D eigenvalue weighted by Crippen LogP contribution is 2.36. The number of hydrogen-bond acceptors (Lipinski definition) is 6. The van der Waals surface area contributed by atoms with Gasteiger partial charge in [0.1, 0.15) is 11.8 Å². The second kappa shape index (κ2) is 16.7. The first-order valence-electron chi connectivity index (χ1n) is 20.4. The largest absolute Gasteiger partial charge is 0.333 e. The van der Waals surface area contributed by atoms with Crippen molar-refractivity contribution in [3.63, 3.8) is 0 Å². The molecule has 2 unspecified atom stereocenters. The molecule has 10 heteroatoms. The lowest BCUT2D eigenvalue weighted by Gasteiger charge is -2.45. The predicted molar refractivity (Wildman–Crippen MR) is 214 cm³/mol. The lowest BCUT2D eigenvalue weighted by atomic mass is 9.87. The Morgan fingerprint density at radius 2 is 1.04 bits per heavy atom. The fourth-order valence-electron chi connectivity index (χ4n) is 9.28. The van der Waals surface area contributed by atoms with E-state index >= 15 is 0 Å². The quantitative estimate of drug-likeness (QED) is 0.163. The van der Waals surface area contributed by atoms with E-state index in [-0.39, 0.29) is 36.7 Å². The second-order valence-electron chi connectivity index (χ2n) is 15.9. The van der Waals surface area contributed by atoms with Crippen LogP contribution in [0.3, 0.4) is 0 Å². The van der Waals surface area contributed by atoms with Crippen LogP contribution < -0.4 is 5.32 Å². The summed E-state index contributed by atoms with van der Waals surface area (Å²) in [5.74, 6) is -3.97. The van der Waals surface area contributed by atoms with Crippen molar-refractivity contribution in [2.75, 3.05) is 0 Å². The number of benzene rings is 4. The molecule has 2 atom stereocenters. The van der Waals surface area contributed by atoms with Gasteiger partial charge in [0.05, 0.1) is 6.04 Å². The summed E-state index contributed by atoms with van der Waals surface area (Å²) < 4.78 is 0. The van der Waals surface area contributed by atoms with E-state index in [4.69, 9.17) is 0 Å². The summed E-state index contributed by atoms with van der Waals surface area (Å²) in [7, 11) is 0. The minimum absolute atomic E-state index is 0.164. The van der Waals surface area contributed by atoms with Crippen LogP contribution in [-0.2, 0) is 32.0 Å². The highest BCUT2D eigenvalue weighted by Gasteiger charge is 2.50. The first-order chi connectivity index (χ1) is 27.8. The predicted octanol–water partition coefficient (Wildman–Crippen LogP) is 8.00. The van der Waals surface area contributed by atoms with Crippen molar-refractivity contribution >= 4 is 35.7 Å². The van der Waals surface area contributed by atoms with Gasteiger partial charge in [-0.05, 0) is 71.9 Å². The van der Waals surface area contributed by atoms with Crippen LogP contribution in [0.1, 0.15) is 92.5 Å². The number of urea groups is 2. The molecule has 2 saturated heterocycles. The van der Waals surface area contributed by atoms with Crippen LogP contribution in [0.5, 0.6) is 0 Å². The van der Waals surface area contributed by atoms with Gasteiger partial charge in [0.25, 0.3) is 0 Å². The summed E-state index contributed by atoms with van der Waals surface area (Å²) in [4.78, 5) is 86.8. The maximum absolute atomic E-state index is 14.1. The highest BCUT2D eigenvalue weighted by atomic mass is 16.2. The van der Waals surface area contributed by atoms with Crippen LogP contribution >= 0.6 is 0 Å². The SMILES string of the molecule is O=C1NC(=O)N(C(c2ccccc2)c2ccc(-c3cccc(CC4C(=O)N(C5CCCCC5)C(=O)N(C5CCCCC5)C4=O)c3)cc2)C(=O)C1Cc1ccccc1. The van der Waals surface area contributed by atoms with Crippen molar-refractivity contribution in [3.05, 3.63) is 131 Å². The first kappa shape index (κ1) is 38.0. The zero-order valence-electron chi connectivity index (χ0n) is 32.1. The van der Waals surface area contributed by atoms with Gasteiger partial charge in [0, 0.05) is 12.1 Å². The number of rotatable bonds is 10. The van der Waals surface area contributed by atoms with E-state index in [9.17, 15) is 28.8 Å². The van der Waals surface area contributed by atoms with Gasteiger partial charge in [-0.25, -0.2) is 9.59 Å². The number of hydrogen-bond donors (Lipinski definition) is 1. The molecule has 0 radical (unpaired) electrons. The molecule has 2 aliphatic carbocycles. The van der Waals surface area contributed by atoms with E-state index in [1.165, 1.54) is 9.80 Å². The number of carbonyl (C=O) groups excluding carboxylic acids is 6. The van der Waals surface area contributed by atoms with Crippen LogP contribution in [-0.4, -0.2) is 62.5 Å². The minimum atomic E-state index is -1.07. The van der Waals surface area contributed by atoms with Gasteiger partial charge < -0.3 is 0 Å². The van der Waals surface area contributed by atoms with Gasteiger partial charge in [-0.3, -0.25) is 39.2 Å². The van der Waals surface area contributed by atoms with E-state index in [2.05, 4.69) is 5.32 Å². The number of amides is 8. The fraction of sp³-hybridized carbons (Fsp3) is 0.362. The smallest absolute Gasteiger partial charge is 0.277 e. The molecule has 4 fully saturated rings. The number of carbonyl (C=O) groups is 6. The lowest BCUT2D eigenvalue weighted by Crippen LogP contribution is -2.65. The molecular formula is C47H48N4O6. The molecule has 57 heavy (non-hydrogen) atoms. The van der Waals surface area contributed by atoms with Crippen LogP contribution in [0.4, 0.5) is 9.59 Å². The Bertz CT molecular complexity index is 2100. The van der Waals surface area contributed by atoms with E-state index in [0.29, 0.717) is 11.1 Å². The molecule has 8 rings (SSSR count). The summed E-state index contributed by atoms with van der Waals surface area (Å²) >= 11 is 0. The van der Waals surface area contributed by atoms with Crippen molar-refractivity contribution in [2.45, 2.75) is 95.2 Å². The molecule has 2 saturated carbocycles. The average Bonchev–Trinajstić information content (AvgIpc) is 3.24. The third-order valence-electron chi connectivity index (χ3n) is 12.2. The topological polar surface area (TPSA) is 124 Å². The van der Waals surface area contributed by atoms with Crippen LogP contribution in [0, 0.1) is 11.8 Å². The van der Waals surface area contributed by atoms with Crippen LogP contribution in [0.2, 0.25) is 0 Å². The third kappa shape index (κ3) is 7.77. The van der Waals surface area contributed by atoms with Gasteiger partial charge >= 0.3 is 12.1 Å². The standard InChI is InChI=1S/C47H48N4O6/c52-42-39(29-31-14-5-1-6-15-31)43(53)51(46(56)48-42)41(34-17-7-2-8-18-34)35-26-24-33(25-27-35)36-19-13-16-32(28-36)30-40-44(54)49(37-20-9-3-10-21-37)47(57)50(45(40)55)38-22-11-4-12-23-38/h1-2,5-8,13-19,24-28,37-41H,3-4,9-12,20-23,29-30H2,(H,48,52,56). The third-order valence-corrected chi connectivity index (χ3v) is 12.2. The second-order valence-corrected chi connectivity index (χ2v) is 15.9. The van der Waals surface area contributed by atoms with E-state index in [1.807, 2.05) is 109 Å². The molecule has 292 valence electrons. The van der Waals surface area contributed by atoms with E-state index in [0.717, 1.165) is 91.4 Å². The van der Waals surface area contributed by atoms with Crippen molar-refractivity contribution < 1.29 is 28.8 Å². The zero-order chi connectivity index (χ0) is 39.5. The molecule has 4 aromatic carbocycles. The molecule has 0 spiro atoms. The Morgan fingerprint density at radius 3 is 1.63 bits per heavy atom. The normalized spacial score (nSPS) is 20.9. The number of nitrogens with zero attached hydrogens (tertiary/aromatic N) is 3. The maximum atomic E-state index is 14.1. The molecule has 0 bridgehead atoms. The van der Waals surface area contributed by atoms with Crippen LogP contribution in [0.25, 0.3) is 11.1 Å². The van der Waals surface area contributed by atoms with E-state index in [1.54, 1.807) is 0 Å². The summed E-state index contributed by atoms with van der Waals surface area (Å²) in [5, 5.41) is 2.43. The summed E-state index contributed by atoms with van der Waals surface area (Å²) in [6, 6.07) is 31.6. The van der Waals surface area contributed by atoms with Gasteiger partial charge in [-0.2, -0.15) is 0 Å². The zero-order valence-corrected chi connectivity index (χ0v) is 32.1. The van der Waals surface area contributed by atoms with Crippen LogP contribution in [0.15, 0.2) is 109 Å². The number of nitrogens with one attached hydrogen (secondary N) is 1. The van der Waals surface area contributed by atoms with Crippen molar-refractivity contribution in [1.82, 2.24) is 20.0 Å². The van der Waals surface area contributed by atoms with E-state index < -0.39 is 41.8 Å². The molecule has 8 amide bonds. The lowest BCUT2D eigenvalue weighted by molar-refractivity contribution is -0.153. The molecule has 10 nitrogen and oxygen atoms in total. The molecule has 1 N–H and O–H groups in total. The first-order valence-corrected chi connectivity index (χ1v) is 20.4. The van der Waals surface area contributed by atoms with Crippen molar-refractivity contribution in [1.29, 1.82) is 0 Å². The molecule has 2 aliphatic heterocycles. The Kier molecular flexibility index (Phi) is 11.1. The van der Waals surface area contributed by atoms with Crippen molar-refractivity contribution in [3.8, 4) is 11.1 Å². The Hall–Kier alpha value is -5.90. The molecular weight excluding hydrogens is 717 g/mol. The van der Waals surface area contributed by atoms with Gasteiger partial charge in [0.2, 0.25) is 23.6 Å². The molecule has 4 aliphatic rings. The highest BCUT2D eigenvalue weighted by molar-refractivity contribution is 6.17. The Balaban J connectivity index is 1.06. The fourth-order valence-corrected chi connectivity index (χ4v) is 9.28. The van der Waals surface area contributed by atoms with Gasteiger partial charge in [-0.15, -0.1) is 0 Å². The summed E-state index contributed by atoms with van der Waals surface area (Å²) in [5.41, 5.74) is 4.77. The molecule has 0 aromatic heterocycles. The Labute approximate surface area is 333 Å². The number of imide groups is 4. The maximum Gasteiger partial charge on any atom is 0.333 e. The molecule has 2 heterocycles. The Morgan fingerprint density at radius 1 is 0.509 bits per heavy atom. The molecule has 4 aromatic rings. The average molecular weight is 765 g/mol. The summed E-state index contributed by atoms with van der Waals surface area (Å²) in [6.07, 6.45) is 9.49. The monoisotopic (exact) mass is 764 g/mol. The minimum Gasteiger partial charge on any atom is -0.277 e. The van der Waals surface area contributed by atoms with Gasteiger partial charge in [0.15, 0.2) is 0 Å². The summed E-state index contributed by atoms with van der Waals surface area (Å²) in [6.45, 7) is 0. The van der Waals surface area contributed by atoms with Gasteiger partial charge in [-0.1, -0.05) is 148 Å². The van der Waals surface area contributed by atoms with Crippen molar-refractivity contribution in [2.24, 2.45) is 11.8 Å².